The monoisotopic (exact) mass is 298 g/mol. The van der Waals surface area contributed by atoms with E-state index in [0.29, 0.717) is 0 Å². The van der Waals surface area contributed by atoms with E-state index in [4.69, 9.17) is 0 Å². The zero-order valence-corrected chi connectivity index (χ0v) is 12.8. The van der Waals surface area contributed by atoms with Crippen molar-refractivity contribution in [2.45, 2.75) is 6.42 Å². The first kappa shape index (κ1) is 13.8. The highest BCUT2D eigenvalue weighted by Gasteiger charge is 2.04. The van der Waals surface area contributed by atoms with Crippen LogP contribution >= 0.6 is 11.3 Å². The van der Waals surface area contributed by atoms with Gasteiger partial charge in [0.05, 0.1) is 5.39 Å². The number of fused-ring (bicyclic) bond motifs is 1. The number of aromatic nitrogens is 2. The second kappa shape index (κ2) is 6.54. The Morgan fingerprint density at radius 3 is 2.86 bits per heavy atom. The highest BCUT2D eigenvalue weighted by Crippen LogP contribution is 2.23. The molecule has 0 aliphatic heterocycles. The van der Waals surface area contributed by atoms with Gasteiger partial charge in [0.15, 0.2) is 0 Å². The van der Waals surface area contributed by atoms with Crippen LogP contribution in [0.5, 0.6) is 0 Å². The zero-order valence-electron chi connectivity index (χ0n) is 12.0. The molecule has 5 heteroatoms. The number of nitrogens with one attached hydrogen (secondary N) is 1. The molecule has 0 saturated heterocycles. The smallest absolute Gasteiger partial charge is 0.138 e. The average Bonchev–Trinajstić information content (AvgIpc) is 3.01. The van der Waals surface area contributed by atoms with E-state index in [-0.39, 0.29) is 0 Å². The number of benzene rings is 1. The molecule has 2 heterocycles. The molecule has 0 spiro atoms. The predicted molar refractivity (Wildman–Crippen MR) is 90.2 cm³/mol. The summed E-state index contributed by atoms with van der Waals surface area (Å²) < 4.78 is 0. The highest BCUT2D eigenvalue weighted by molar-refractivity contribution is 7.16. The van der Waals surface area contributed by atoms with Crippen LogP contribution in [0.3, 0.4) is 0 Å². The van der Waals surface area contributed by atoms with Crippen LogP contribution < -0.4 is 10.2 Å². The molecular formula is C16H18N4S. The third-order valence-corrected chi connectivity index (χ3v) is 4.24. The average molecular weight is 298 g/mol. The van der Waals surface area contributed by atoms with Crippen molar-refractivity contribution in [3.8, 4) is 0 Å². The Kier molecular flexibility index (Phi) is 4.31. The molecule has 1 aromatic carbocycles. The lowest BCUT2D eigenvalue weighted by atomic mass is 10.3. The summed E-state index contributed by atoms with van der Waals surface area (Å²) in [7, 11) is 2.12. The van der Waals surface area contributed by atoms with Gasteiger partial charge in [-0.1, -0.05) is 18.2 Å². The first-order valence-electron chi connectivity index (χ1n) is 7.03. The summed E-state index contributed by atoms with van der Waals surface area (Å²) in [5, 5.41) is 6.57. The van der Waals surface area contributed by atoms with Crippen molar-refractivity contribution in [3.05, 3.63) is 48.1 Å². The largest absolute Gasteiger partial charge is 0.375 e. The number of para-hydroxylation sites is 1. The summed E-state index contributed by atoms with van der Waals surface area (Å²) in [6, 6.07) is 12.5. The normalized spacial score (nSPS) is 10.7. The van der Waals surface area contributed by atoms with Gasteiger partial charge in [0.2, 0.25) is 0 Å². The van der Waals surface area contributed by atoms with Gasteiger partial charge >= 0.3 is 0 Å². The summed E-state index contributed by atoms with van der Waals surface area (Å²) >= 11 is 1.64. The number of hydrogen-bond donors (Lipinski definition) is 1. The van der Waals surface area contributed by atoms with E-state index in [0.717, 1.165) is 35.5 Å². The third kappa shape index (κ3) is 3.31. The van der Waals surface area contributed by atoms with Crippen molar-refractivity contribution in [3.63, 3.8) is 0 Å². The van der Waals surface area contributed by atoms with Gasteiger partial charge in [0.1, 0.15) is 17.0 Å². The Morgan fingerprint density at radius 1 is 1.14 bits per heavy atom. The minimum atomic E-state index is 0.902. The molecule has 0 bridgehead atoms. The zero-order chi connectivity index (χ0) is 14.5. The van der Waals surface area contributed by atoms with Crippen molar-refractivity contribution in [2.24, 2.45) is 0 Å². The van der Waals surface area contributed by atoms with Crippen LogP contribution in [0.1, 0.15) is 6.42 Å². The maximum Gasteiger partial charge on any atom is 0.138 e. The first-order chi connectivity index (χ1) is 10.3. The maximum atomic E-state index is 4.32. The van der Waals surface area contributed by atoms with Crippen LogP contribution in [0, 0.1) is 0 Å². The molecule has 0 saturated carbocycles. The quantitative estimate of drug-likeness (QED) is 0.706. The summed E-state index contributed by atoms with van der Waals surface area (Å²) in [4.78, 5) is 11.9. The van der Waals surface area contributed by atoms with Gasteiger partial charge in [0, 0.05) is 25.8 Å². The van der Waals surface area contributed by atoms with Crippen LogP contribution in [-0.4, -0.2) is 30.1 Å². The molecule has 4 nitrogen and oxygen atoms in total. The second-order valence-electron chi connectivity index (χ2n) is 4.90. The van der Waals surface area contributed by atoms with Gasteiger partial charge in [-0.3, -0.25) is 0 Å². The number of rotatable bonds is 6. The lowest BCUT2D eigenvalue weighted by molar-refractivity contribution is 0.814. The van der Waals surface area contributed by atoms with Crippen molar-refractivity contribution in [1.82, 2.24) is 9.97 Å². The highest BCUT2D eigenvalue weighted by atomic mass is 32.1. The maximum absolute atomic E-state index is 4.32. The topological polar surface area (TPSA) is 41.0 Å². The number of anilines is 2. The summed E-state index contributed by atoms with van der Waals surface area (Å²) in [5.41, 5.74) is 1.25. The number of nitrogens with zero attached hydrogens (tertiary/aromatic N) is 3. The molecule has 21 heavy (non-hydrogen) atoms. The third-order valence-electron chi connectivity index (χ3n) is 3.42. The van der Waals surface area contributed by atoms with E-state index in [2.05, 4.69) is 57.6 Å². The lowest BCUT2D eigenvalue weighted by Gasteiger charge is -2.19. The molecule has 0 fully saturated rings. The van der Waals surface area contributed by atoms with Crippen molar-refractivity contribution in [2.75, 3.05) is 30.4 Å². The van der Waals surface area contributed by atoms with Gasteiger partial charge in [-0.05, 0) is 30.0 Å². The SMILES string of the molecule is CN(CCCNc1ncnc2sccc12)c1ccccc1. The Morgan fingerprint density at radius 2 is 2.00 bits per heavy atom. The Bertz CT molecular complexity index is 696. The molecule has 3 rings (SSSR count). The van der Waals surface area contributed by atoms with E-state index >= 15 is 0 Å². The molecule has 3 aromatic rings. The van der Waals surface area contributed by atoms with E-state index in [9.17, 15) is 0 Å². The summed E-state index contributed by atoms with van der Waals surface area (Å²) in [5.74, 6) is 0.934. The summed E-state index contributed by atoms with van der Waals surface area (Å²) in [6.45, 7) is 1.91. The molecular weight excluding hydrogens is 280 g/mol. The van der Waals surface area contributed by atoms with Gasteiger partial charge in [-0.2, -0.15) is 0 Å². The van der Waals surface area contributed by atoms with E-state index in [1.807, 2.05) is 11.4 Å². The second-order valence-corrected chi connectivity index (χ2v) is 5.79. The predicted octanol–water partition coefficient (Wildman–Crippen LogP) is 3.63. The van der Waals surface area contributed by atoms with Crippen molar-refractivity contribution in [1.29, 1.82) is 0 Å². The van der Waals surface area contributed by atoms with Crippen LogP contribution in [0.15, 0.2) is 48.1 Å². The van der Waals surface area contributed by atoms with E-state index in [1.54, 1.807) is 17.7 Å². The van der Waals surface area contributed by atoms with Gasteiger partial charge in [0.25, 0.3) is 0 Å². The molecule has 0 amide bonds. The molecule has 1 N–H and O–H groups in total. The molecule has 108 valence electrons. The van der Waals surface area contributed by atoms with Crippen LogP contribution in [-0.2, 0) is 0 Å². The lowest BCUT2D eigenvalue weighted by Crippen LogP contribution is -2.20. The minimum Gasteiger partial charge on any atom is -0.375 e. The van der Waals surface area contributed by atoms with Gasteiger partial charge in [-0.25, -0.2) is 9.97 Å². The van der Waals surface area contributed by atoms with Gasteiger partial charge < -0.3 is 10.2 Å². The fourth-order valence-corrected chi connectivity index (χ4v) is 3.00. The molecule has 0 atom stereocenters. The first-order valence-corrected chi connectivity index (χ1v) is 7.91. The molecule has 0 radical (unpaired) electrons. The fourth-order valence-electron chi connectivity index (χ4n) is 2.27. The molecule has 0 aliphatic rings. The van der Waals surface area contributed by atoms with Crippen LogP contribution in [0.25, 0.3) is 10.2 Å². The van der Waals surface area contributed by atoms with Gasteiger partial charge in [-0.15, -0.1) is 11.3 Å². The Hall–Kier alpha value is -2.14. The standard InChI is InChI=1S/C16H18N4S/c1-20(13-6-3-2-4-7-13)10-5-9-17-15-14-8-11-21-16(14)19-12-18-15/h2-4,6-8,11-12H,5,9-10H2,1H3,(H,17,18,19). The van der Waals surface area contributed by atoms with Crippen LogP contribution in [0.4, 0.5) is 11.5 Å². The van der Waals surface area contributed by atoms with E-state index < -0.39 is 0 Å². The number of thiophene rings is 1. The molecule has 0 aliphatic carbocycles. The van der Waals surface area contributed by atoms with E-state index in [1.165, 1.54) is 5.69 Å². The fraction of sp³-hybridized carbons (Fsp3) is 0.250. The Labute approximate surface area is 128 Å². The number of hydrogen-bond acceptors (Lipinski definition) is 5. The van der Waals surface area contributed by atoms with Crippen molar-refractivity contribution < 1.29 is 0 Å². The summed E-state index contributed by atoms with van der Waals surface area (Å²) in [6.07, 6.45) is 2.68. The minimum absolute atomic E-state index is 0.902. The Balaban J connectivity index is 1.51. The molecule has 2 aromatic heterocycles. The van der Waals surface area contributed by atoms with Crippen LogP contribution in [0.2, 0.25) is 0 Å². The van der Waals surface area contributed by atoms with Crippen molar-refractivity contribution >= 4 is 33.1 Å². The molecule has 0 unspecified atom stereocenters.